The number of halogens is 1. The maximum Gasteiger partial charge on any atom is 0.138 e. The lowest BCUT2D eigenvalue weighted by atomic mass is 10.1. The van der Waals surface area contributed by atoms with Crippen LogP contribution in [0.4, 0.5) is 0 Å². The van der Waals surface area contributed by atoms with E-state index in [1.165, 1.54) is 0 Å². The van der Waals surface area contributed by atoms with Crippen molar-refractivity contribution in [3.8, 4) is 0 Å². The van der Waals surface area contributed by atoms with Crippen molar-refractivity contribution < 1.29 is 9.63 Å². The van der Waals surface area contributed by atoms with Crippen LogP contribution in [-0.4, -0.2) is 28.8 Å². The van der Waals surface area contributed by atoms with Crippen LogP contribution < -0.4 is 0 Å². The molecule has 0 aliphatic heterocycles. The van der Waals surface area contributed by atoms with Crippen molar-refractivity contribution in [2.45, 2.75) is 26.5 Å². The van der Waals surface area contributed by atoms with E-state index in [0.29, 0.717) is 18.1 Å². The third-order valence-electron chi connectivity index (χ3n) is 3.33. The molecule has 5 heteroatoms. The molecule has 1 atom stereocenters. The molecular formula is C15H19ClN2O2. The number of aryl methyl sites for hydroxylation is 2. The van der Waals surface area contributed by atoms with Gasteiger partial charge in [-0.05, 0) is 38.6 Å². The van der Waals surface area contributed by atoms with Gasteiger partial charge in [0.15, 0.2) is 0 Å². The summed E-state index contributed by atoms with van der Waals surface area (Å²) in [5, 5.41) is 14.8. The van der Waals surface area contributed by atoms with Crippen LogP contribution in [0.2, 0.25) is 5.02 Å². The second kappa shape index (κ2) is 6.39. The molecule has 0 aliphatic rings. The fraction of sp³-hybridized carbons (Fsp3) is 0.400. The summed E-state index contributed by atoms with van der Waals surface area (Å²) in [7, 11) is 1.96. The Labute approximate surface area is 124 Å². The molecule has 4 nitrogen and oxygen atoms in total. The number of hydrogen-bond acceptors (Lipinski definition) is 4. The Morgan fingerprint density at radius 3 is 2.75 bits per heavy atom. The Morgan fingerprint density at radius 2 is 2.15 bits per heavy atom. The van der Waals surface area contributed by atoms with Gasteiger partial charge in [0.2, 0.25) is 0 Å². The number of aliphatic hydroxyl groups excluding tert-OH is 1. The Kier molecular flexibility index (Phi) is 4.81. The lowest BCUT2D eigenvalue weighted by Gasteiger charge is -2.20. The van der Waals surface area contributed by atoms with Crippen LogP contribution in [0.1, 0.15) is 28.7 Å². The van der Waals surface area contributed by atoms with E-state index in [1.807, 2.05) is 37.9 Å². The van der Waals surface area contributed by atoms with Gasteiger partial charge in [0.1, 0.15) is 5.76 Å². The SMILES string of the molecule is Cc1noc(C)c1CN(C)CC(O)c1cccc(Cl)c1. The van der Waals surface area contributed by atoms with Gasteiger partial charge in [-0.2, -0.15) is 0 Å². The molecule has 0 amide bonds. The number of nitrogens with zero attached hydrogens (tertiary/aromatic N) is 2. The van der Waals surface area contributed by atoms with E-state index in [9.17, 15) is 5.11 Å². The molecule has 0 spiro atoms. The molecule has 0 radical (unpaired) electrons. The summed E-state index contributed by atoms with van der Waals surface area (Å²) < 4.78 is 5.14. The fourth-order valence-electron chi connectivity index (χ4n) is 2.18. The van der Waals surface area contributed by atoms with E-state index in [-0.39, 0.29) is 0 Å². The van der Waals surface area contributed by atoms with Crippen LogP contribution >= 0.6 is 11.6 Å². The minimum atomic E-state index is -0.570. The first-order valence-electron chi connectivity index (χ1n) is 6.51. The maximum atomic E-state index is 10.2. The molecule has 1 aromatic carbocycles. The number of aliphatic hydroxyl groups is 1. The van der Waals surface area contributed by atoms with Crippen molar-refractivity contribution in [1.82, 2.24) is 10.1 Å². The molecule has 0 bridgehead atoms. The molecule has 1 aromatic heterocycles. The largest absolute Gasteiger partial charge is 0.387 e. The lowest BCUT2D eigenvalue weighted by molar-refractivity contribution is 0.123. The monoisotopic (exact) mass is 294 g/mol. The molecule has 1 heterocycles. The minimum absolute atomic E-state index is 0.518. The van der Waals surface area contributed by atoms with E-state index >= 15 is 0 Å². The predicted molar refractivity (Wildman–Crippen MR) is 78.7 cm³/mol. The van der Waals surface area contributed by atoms with Gasteiger partial charge in [-0.15, -0.1) is 0 Å². The first-order valence-corrected chi connectivity index (χ1v) is 6.89. The van der Waals surface area contributed by atoms with Gasteiger partial charge in [-0.25, -0.2) is 0 Å². The number of benzene rings is 1. The average Bonchev–Trinajstić information content (AvgIpc) is 2.70. The van der Waals surface area contributed by atoms with Gasteiger partial charge in [0, 0.05) is 23.7 Å². The molecular weight excluding hydrogens is 276 g/mol. The minimum Gasteiger partial charge on any atom is -0.387 e. The van der Waals surface area contributed by atoms with Crippen LogP contribution in [0.25, 0.3) is 0 Å². The second-order valence-electron chi connectivity index (χ2n) is 5.07. The molecule has 0 saturated carbocycles. The fourth-order valence-corrected chi connectivity index (χ4v) is 2.38. The molecule has 2 aromatic rings. The smallest absolute Gasteiger partial charge is 0.138 e. The van der Waals surface area contributed by atoms with Crippen molar-refractivity contribution in [2.24, 2.45) is 0 Å². The Hall–Kier alpha value is -1.36. The van der Waals surface area contributed by atoms with Crippen LogP contribution in [-0.2, 0) is 6.54 Å². The van der Waals surface area contributed by atoms with E-state index in [1.54, 1.807) is 12.1 Å². The van der Waals surface area contributed by atoms with Gasteiger partial charge in [0.25, 0.3) is 0 Å². The molecule has 0 fully saturated rings. The van der Waals surface area contributed by atoms with Gasteiger partial charge < -0.3 is 9.63 Å². The summed E-state index contributed by atoms with van der Waals surface area (Å²) in [6.07, 6.45) is -0.570. The second-order valence-corrected chi connectivity index (χ2v) is 5.51. The summed E-state index contributed by atoms with van der Waals surface area (Å²) in [6.45, 7) is 5.03. The van der Waals surface area contributed by atoms with Gasteiger partial charge in [-0.3, -0.25) is 4.90 Å². The summed E-state index contributed by atoms with van der Waals surface area (Å²) in [4.78, 5) is 2.04. The molecule has 0 aliphatic carbocycles. The summed E-state index contributed by atoms with van der Waals surface area (Å²) in [5.74, 6) is 0.826. The van der Waals surface area contributed by atoms with Crippen molar-refractivity contribution >= 4 is 11.6 Å². The zero-order valence-electron chi connectivity index (χ0n) is 11.9. The molecule has 2 rings (SSSR count). The van der Waals surface area contributed by atoms with E-state index in [0.717, 1.165) is 22.6 Å². The van der Waals surface area contributed by atoms with Crippen LogP contribution in [0.5, 0.6) is 0 Å². The van der Waals surface area contributed by atoms with E-state index in [2.05, 4.69) is 5.16 Å². The van der Waals surface area contributed by atoms with Crippen molar-refractivity contribution in [1.29, 1.82) is 0 Å². The summed E-state index contributed by atoms with van der Waals surface area (Å²) >= 11 is 5.94. The highest BCUT2D eigenvalue weighted by Gasteiger charge is 2.15. The third kappa shape index (κ3) is 3.60. The normalized spacial score (nSPS) is 12.9. The van der Waals surface area contributed by atoms with Crippen LogP contribution in [0.15, 0.2) is 28.8 Å². The molecule has 0 saturated heterocycles. The quantitative estimate of drug-likeness (QED) is 0.920. The number of aromatic nitrogens is 1. The number of hydrogen-bond donors (Lipinski definition) is 1. The Bertz CT molecular complexity index is 564. The van der Waals surface area contributed by atoms with Gasteiger partial charge in [-0.1, -0.05) is 28.9 Å². The van der Waals surface area contributed by atoms with Crippen molar-refractivity contribution in [3.63, 3.8) is 0 Å². The maximum absolute atomic E-state index is 10.2. The summed E-state index contributed by atoms with van der Waals surface area (Å²) in [6, 6.07) is 7.30. The standard InChI is InChI=1S/C15H19ClN2O2/c1-10-14(11(2)20-17-10)8-18(3)9-15(19)12-5-4-6-13(16)7-12/h4-7,15,19H,8-9H2,1-3H3. The highest BCUT2D eigenvalue weighted by Crippen LogP contribution is 2.20. The topological polar surface area (TPSA) is 49.5 Å². The highest BCUT2D eigenvalue weighted by atomic mass is 35.5. The Morgan fingerprint density at radius 1 is 1.40 bits per heavy atom. The van der Waals surface area contributed by atoms with Crippen molar-refractivity contribution in [3.05, 3.63) is 51.9 Å². The summed E-state index contributed by atoms with van der Waals surface area (Å²) in [5.41, 5.74) is 2.79. The van der Waals surface area contributed by atoms with Gasteiger partial charge in [0.05, 0.1) is 11.8 Å². The first kappa shape index (κ1) is 15.0. The lowest BCUT2D eigenvalue weighted by Crippen LogP contribution is -2.24. The van der Waals surface area contributed by atoms with E-state index < -0.39 is 6.10 Å². The van der Waals surface area contributed by atoms with E-state index in [4.69, 9.17) is 16.1 Å². The zero-order valence-corrected chi connectivity index (χ0v) is 12.7. The Balaban J connectivity index is 1.99. The van der Waals surface area contributed by atoms with Gasteiger partial charge >= 0.3 is 0 Å². The third-order valence-corrected chi connectivity index (χ3v) is 3.56. The van der Waals surface area contributed by atoms with Crippen LogP contribution in [0, 0.1) is 13.8 Å². The van der Waals surface area contributed by atoms with Crippen molar-refractivity contribution in [2.75, 3.05) is 13.6 Å². The molecule has 1 N–H and O–H groups in total. The zero-order chi connectivity index (χ0) is 14.7. The average molecular weight is 295 g/mol. The highest BCUT2D eigenvalue weighted by molar-refractivity contribution is 6.30. The predicted octanol–water partition coefficient (Wildman–Crippen LogP) is 3.11. The first-order chi connectivity index (χ1) is 9.47. The van der Waals surface area contributed by atoms with Crippen LogP contribution in [0.3, 0.4) is 0 Å². The number of rotatable bonds is 5. The molecule has 20 heavy (non-hydrogen) atoms. The molecule has 1 unspecified atom stereocenters. The number of likely N-dealkylation sites (N-methyl/N-ethyl adjacent to an activating group) is 1. The molecule has 108 valence electrons.